The Morgan fingerprint density at radius 2 is 1.91 bits per heavy atom. The van der Waals surface area contributed by atoms with Crippen LogP contribution in [0.25, 0.3) is 21.9 Å². The molecule has 0 N–H and O–H groups in total. The van der Waals surface area contributed by atoms with Crippen LogP contribution in [-0.2, 0) is 13.0 Å². The highest BCUT2D eigenvalue weighted by Gasteiger charge is 2.14. The molecule has 0 atom stereocenters. The number of allylic oxidation sites excluding steroid dienone is 3. The topological polar surface area (TPSA) is 68.4 Å². The van der Waals surface area contributed by atoms with Crippen LogP contribution in [0.1, 0.15) is 49.0 Å². The summed E-state index contributed by atoms with van der Waals surface area (Å²) in [6.45, 7) is 14.3. The summed E-state index contributed by atoms with van der Waals surface area (Å²) >= 11 is 1.56. The van der Waals surface area contributed by atoms with E-state index < -0.39 is 0 Å². The van der Waals surface area contributed by atoms with E-state index in [1.54, 1.807) is 17.4 Å². The van der Waals surface area contributed by atoms with E-state index in [1.807, 2.05) is 67.9 Å². The number of para-hydroxylation sites is 1. The summed E-state index contributed by atoms with van der Waals surface area (Å²) in [4.78, 5) is 18.6. The summed E-state index contributed by atoms with van der Waals surface area (Å²) in [5, 5.41) is 10.9. The van der Waals surface area contributed by atoms with Crippen molar-refractivity contribution in [3.8, 4) is 6.07 Å². The van der Waals surface area contributed by atoms with Gasteiger partial charge in [-0.25, -0.2) is 4.98 Å². The number of nitrogens with zero attached hydrogens (tertiary/aromatic N) is 6. The zero-order valence-corrected chi connectivity index (χ0v) is 26.2. The molecule has 43 heavy (non-hydrogen) atoms. The van der Waals surface area contributed by atoms with Crippen LogP contribution in [0.2, 0.25) is 0 Å². The molecule has 7 heteroatoms. The van der Waals surface area contributed by atoms with E-state index in [2.05, 4.69) is 70.5 Å². The lowest BCUT2D eigenvalue weighted by Crippen LogP contribution is -2.27. The quantitative estimate of drug-likeness (QED) is 0.0795. The summed E-state index contributed by atoms with van der Waals surface area (Å²) in [5.41, 5.74) is 7.00. The van der Waals surface area contributed by atoms with Crippen LogP contribution < -0.4 is 4.90 Å². The van der Waals surface area contributed by atoms with Gasteiger partial charge < -0.3 is 4.90 Å². The predicted octanol–water partition coefficient (Wildman–Crippen LogP) is 8.20. The normalized spacial score (nSPS) is 12.3. The van der Waals surface area contributed by atoms with Gasteiger partial charge in [-0.1, -0.05) is 36.9 Å². The Hall–Kier alpha value is -4.38. The molecule has 0 aliphatic heterocycles. The molecule has 0 aliphatic carbocycles. The first-order valence-electron chi connectivity index (χ1n) is 14.9. The highest BCUT2D eigenvalue weighted by Crippen LogP contribution is 2.30. The third-order valence-corrected chi connectivity index (χ3v) is 8.29. The Bertz CT molecular complexity index is 1590. The van der Waals surface area contributed by atoms with E-state index in [0.29, 0.717) is 12.1 Å². The molecule has 0 amide bonds. The van der Waals surface area contributed by atoms with Gasteiger partial charge >= 0.3 is 0 Å². The first kappa shape index (κ1) is 31.6. The number of rotatable bonds is 15. The molecule has 0 spiro atoms. The summed E-state index contributed by atoms with van der Waals surface area (Å²) in [6.07, 6.45) is 11.2. The number of aromatic nitrogens is 2. The maximum absolute atomic E-state index is 10.1. The van der Waals surface area contributed by atoms with Crippen LogP contribution in [0.5, 0.6) is 0 Å². The molecule has 0 aliphatic rings. The highest BCUT2D eigenvalue weighted by molar-refractivity contribution is 7.19. The Morgan fingerprint density at radius 3 is 2.60 bits per heavy atom. The zero-order chi connectivity index (χ0) is 30.4. The first-order valence-corrected chi connectivity index (χ1v) is 15.7. The number of benzene rings is 2. The fraction of sp³-hybridized carbons (Fsp3) is 0.278. The van der Waals surface area contributed by atoms with Crippen LogP contribution in [-0.4, -0.2) is 47.3 Å². The van der Waals surface area contributed by atoms with Crippen molar-refractivity contribution in [1.82, 2.24) is 14.9 Å². The molecular formula is C36H40N6S. The van der Waals surface area contributed by atoms with Gasteiger partial charge in [-0.2, -0.15) is 5.26 Å². The average molecular weight is 589 g/mol. The molecular weight excluding hydrogens is 549 g/mol. The van der Waals surface area contributed by atoms with Crippen molar-refractivity contribution in [1.29, 1.82) is 5.26 Å². The minimum atomic E-state index is 0.589. The van der Waals surface area contributed by atoms with E-state index in [-0.39, 0.29) is 0 Å². The molecule has 0 saturated carbocycles. The van der Waals surface area contributed by atoms with E-state index in [1.165, 1.54) is 11.3 Å². The number of aliphatic imine (C=N–C) groups is 1. The second kappa shape index (κ2) is 16.3. The van der Waals surface area contributed by atoms with Gasteiger partial charge in [-0.05, 0) is 99.8 Å². The van der Waals surface area contributed by atoms with Gasteiger partial charge in [-0.15, -0.1) is 11.3 Å². The number of hydrogen-bond donors (Lipinski definition) is 0. The lowest BCUT2D eigenvalue weighted by atomic mass is 9.99. The van der Waals surface area contributed by atoms with Crippen LogP contribution in [0.4, 0.5) is 5.69 Å². The van der Waals surface area contributed by atoms with Gasteiger partial charge in [0.15, 0.2) is 0 Å². The maximum atomic E-state index is 10.1. The average Bonchev–Trinajstić information content (AvgIpc) is 3.46. The number of pyridine rings is 1. The van der Waals surface area contributed by atoms with Crippen LogP contribution in [0.15, 0.2) is 96.3 Å². The Labute approximate surface area is 260 Å². The van der Waals surface area contributed by atoms with Crippen molar-refractivity contribution < 1.29 is 0 Å². The molecule has 2 aromatic carbocycles. The number of fused-ring (bicyclic) bond motifs is 1. The van der Waals surface area contributed by atoms with Crippen molar-refractivity contribution in [2.45, 2.75) is 40.2 Å². The lowest BCUT2D eigenvalue weighted by molar-refractivity contribution is 0.280. The Kier molecular flexibility index (Phi) is 12.0. The molecule has 2 heterocycles. The molecule has 0 saturated heterocycles. The summed E-state index contributed by atoms with van der Waals surface area (Å²) in [7, 11) is 0. The zero-order valence-electron chi connectivity index (χ0n) is 25.4. The molecule has 4 rings (SSSR count). The van der Waals surface area contributed by atoms with Crippen molar-refractivity contribution in [3.05, 3.63) is 113 Å². The van der Waals surface area contributed by atoms with Crippen molar-refractivity contribution in [3.63, 3.8) is 0 Å². The largest absolute Gasteiger partial charge is 0.372 e. The smallest absolute Gasteiger partial charge is 0.135 e. The molecule has 220 valence electrons. The minimum absolute atomic E-state index is 0.589. The number of hydrogen-bond acceptors (Lipinski definition) is 7. The molecule has 0 unspecified atom stereocenters. The third kappa shape index (κ3) is 8.81. The molecule has 0 radical (unpaired) electrons. The molecule has 4 aromatic rings. The fourth-order valence-electron chi connectivity index (χ4n) is 5.12. The van der Waals surface area contributed by atoms with Crippen molar-refractivity contribution in [2.24, 2.45) is 4.99 Å². The predicted molar refractivity (Wildman–Crippen MR) is 183 cm³/mol. The highest BCUT2D eigenvalue weighted by atomic mass is 32.1. The van der Waals surface area contributed by atoms with Gasteiger partial charge in [0.05, 0.1) is 27.2 Å². The van der Waals surface area contributed by atoms with Crippen molar-refractivity contribution >= 4 is 45.1 Å². The van der Waals surface area contributed by atoms with Gasteiger partial charge in [0.1, 0.15) is 11.1 Å². The summed E-state index contributed by atoms with van der Waals surface area (Å²) in [5.74, 6) is 0. The molecule has 0 bridgehead atoms. The number of thiazole rings is 1. The van der Waals surface area contributed by atoms with Crippen LogP contribution in [0.3, 0.4) is 0 Å². The van der Waals surface area contributed by atoms with Crippen molar-refractivity contribution in [2.75, 3.05) is 31.1 Å². The monoisotopic (exact) mass is 588 g/mol. The first-order chi connectivity index (χ1) is 21.1. The number of aryl methyl sites for hydroxylation is 1. The summed E-state index contributed by atoms with van der Waals surface area (Å²) in [6, 6.07) is 23.1. The van der Waals surface area contributed by atoms with E-state index in [0.717, 1.165) is 71.2 Å². The lowest BCUT2D eigenvalue weighted by Gasteiger charge is -2.24. The SMILES string of the molecule is C=C/C=C(/CN(CCCc1cc(N(CC)CC)ccc1/C=C(\C#N)c1nc2ccccc2s1)Cc1ccccn1)N=CC. The van der Waals surface area contributed by atoms with Gasteiger partial charge in [0, 0.05) is 44.3 Å². The van der Waals surface area contributed by atoms with E-state index in [9.17, 15) is 5.26 Å². The third-order valence-electron chi connectivity index (χ3n) is 7.22. The molecule has 6 nitrogen and oxygen atoms in total. The molecule has 0 fully saturated rings. The van der Waals surface area contributed by atoms with Crippen LogP contribution in [0, 0.1) is 11.3 Å². The van der Waals surface area contributed by atoms with E-state index in [4.69, 9.17) is 4.98 Å². The standard InChI is InChI=1S/C36H40N6S/c1-5-14-31(38-6-2)26-41(27-32-16-11-12-21-39-32)22-13-15-28-24-33(42(7-3)8-4)20-19-29(28)23-30(25-37)36-40-34-17-9-10-18-35(34)43-36/h5-6,9-12,14,16-21,23-24H,1,7-8,13,15,22,26-27H2,2-4H3/b30-23+,31-14-,38-6?. The minimum Gasteiger partial charge on any atom is -0.372 e. The Morgan fingerprint density at radius 1 is 1.09 bits per heavy atom. The molecule has 2 aromatic heterocycles. The fourth-order valence-corrected chi connectivity index (χ4v) is 6.05. The Balaban J connectivity index is 1.62. The van der Waals surface area contributed by atoms with E-state index >= 15 is 0 Å². The van der Waals surface area contributed by atoms with Gasteiger partial charge in [-0.3, -0.25) is 14.9 Å². The van der Waals surface area contributed by atoms with Crippen LogP contribution >= 0.6 is 11.3 Å². The van der Waals surface area contributed by atoms with Gasteiger partial charge in [0.25, 0.3) is 0 Å². The van der Waals surface area contributed by atoms with Gasteiger partial charge in [0.2, 0.25) is 0 Å². The second-order valence-electron chi connectivity index (χ2n) is 10.1. The number of nitriles is 1. The number of anilines is 1. The summed E-state index contributed by atoms with van der Waals surface area (Å²) < 4.78 is 1.08. The second-order valence-corrected chi connectivity index (χ2v) is 11.2. The maximum Gasteiger partial charge on any atom is 0.135 e.